The lowest BCUT2D eigenvalue weighted by Gasteiger charge is -2.14. The van der Waals surface area contributed by atoms with Gasteiger partial charge in [0.1, 0.15) is 0 Å². The number of nitrogens with zero attached hydrogens (tertiary/aromatic N) is 2. The standard InChI is InChI=1S/C13H24BrN3/c1-5-12(4)17-7-6-13(16-17)9-15-11(3)8-10(2)14/h6-7,10-12,15H,5,8-9H2,1-4H3. The Hall–Kier alpha value is -0.350. The molecule has 0 spiro atoms. The lowest BCUT2D eigenvalue weighted by molar-refractivity contribution is 0.464. The number of aromatic nitrogens is 2. The first kappa shape index (κ1) is 14.7. The van der Waals surface area contributed by atoms with Crippen LogP contribution in [0, 0.1) is 0 Å². The second kappa shape index (κ2) is 7.17. The molecule has 17 heavy (non-hydrogen) atoms. The molecule has 0 saturated carbocycles. The van der Waals surface area contributed by atoms with E-state index in [0.717, 1.165) is 25.1 Å². The number of rotatable bonds is 7. The average molecular weight is 302 g/mol. The fourth-order valence-electron chi connectivity index (χ4n) is 1.75. The summed E-state index contributed by atoms with van der Waals surface area (Å²) in [4.78, 5) is 0.558. The van der Waals surface area contributed by atoms with Crippen molar-refractivity contribution in [2.24, 2.45) is 0 Å². The Morgan fingerprint density at radius 2 is 2.12 bits per heavy atom. The first-order valence-corrected chi connectivity index (χ1v) is 7.36. The largest absolute Gasteiger partial charge is 0.309 e. The molecule has 0 amide bonds. The Balaban J connectivity index is 2.39. The normalized spacial score (nSPS) is 16.8. The summed E-state index contributed by atoms with van der Waals surface area (Å²) < 4.78 is 2.05. The summed E-state index contributed by atoms with van der Waals surface area (Å²) in [5.74, 6) is 0. The summed E-state index contributed by atoms with van der Waals surface area (Å²) in [5, 5.41) is 8.07. The quantitative estimate of drug-likeness (QED) is 0.781. The summed E-state index contributed by atoms with van der Waals surface area (Å²) >= 11 is 3.57. The van der Waals surface area contributed by atoms with Gasteiger partial charge in [-0.25, -0.2) is 0 Å². The minimum Gasteiger partial charge on any atom is -0.309 e. The fourth-order valence-corrected chi connectivity index (χ4v) is 2.31. The van der Waals surface area contributed by atoms with E-state index in [2.05, 4.69) is 71.0 Å². The molecule has 0 aliphatic carbocycles. The number of hydrogen-bond donors (Lipinski definition) is 1. The van der Waals surface area contributed by atoms with E-state index in [1.54, 1.807) is 0 Å². The SMILES string of the molecule is CCC(C)n1ccc(CNC(C)CC(C)Br)n1. The minimum atomic E-state index is 0.490. The second-order valence-corrected chi connectivity index (χ2v) is 6.41. The van der Waals surface area contributed by atoms with Crippen LogP contribution in [0.3, 0.4) is 0 Å². The van der Waals surface area contributed by atoms with Gasteiger partial charge in [0.05, 0.1) is 5.69 Å². The van der Waals surface area contributed by atoms with Gasteiger partial charge in [-0.2, -0.15) is 5.10 Å². The maximum absolute atomic E-state index is 4.57. The topological polar surface area (TPSA) is 29.9 Å². The molecule has 3 atom stereocenters. The molecule has 4 heteroatoms. The van der Waals surface area contributed by atoms with Crippen LogP contribution in [-0.4, -0.2) is 20.6 Å². The Morgan fingerprint density at radius 3 is 2.71 bits per heavy atom. The molecule has 3 unspecified atom stereocenters. The Morgan fingerprint density at radius 1 is 1.41 bits per heavy atom. The number of hydrogen-bond acceptors (Lipinski definition) is 2. The monoisotopic (exact) mass is 301 g/mol. The molecule has 0 radical (unpaired) electrons. The first-order chi connectivity index (χ1) is 8.02. The van der Waals surface area contributed by atoms with Crippen molar-refractivity contribution in [3.05, 3.63) is 18.0 Å². The van der Waals surface area contributed by atoms with E-state index >= 15 is 0 Å². The van der Waals surface area contributed by atoms with Crippen molar-refractivity contribution in [3.63, 3.8) is 0 Å². The number of nitrogens with one attached hydrogen (secondary N) is 1. The van der Waals surface area contributed by atoms with Crippen molar-refractivity contribution < 1.29 is 0 Å². The summed E-state index contributed by atoms with van der Waals surface area (Å²) in [5.41, 5.74) is 1.12. The fraction of sp³-hybridized carbons (Fsp3) is 0.769. The Labute approximate surface area is 113 Å². The van der Waals surface area contributed by atoms with E-state index in [0.29, 0.717) is 16.9 Å². The van der Waals surface area contributed by atoms with E-state index < -0.39 is 0 Å². The zero-order valence-corrected chi connectivity index (χ0v) is 12.9. The lowest BCUT2D eigenvalue weighted by Crippen LogP contribution is -2.27. The first-order valence-electron chi connectivity index (χ1n) is 6.44. The zero-order chi connectivity index (χ0) is 12.8. The predicted molar refractivity (Wildman–Crippen MR) is 76.5 cm³/mol. The van der Waals surface area contributed by atoms with E-state index in [4.69, 9.17) is 0 Å². The highest BCUT2D eigenvalue weighted by Gasteiger charge is 2.07. The van der Waals surface area contributed by atoms with Crippen LogP contribution in [0.4, 0.5) is 0 Å². The molecule has 0 fully saturated rings. The van der Waals surface area contributed by atoms with Crippen LogP contribution in [0.15, 0.2) is 12.3 Å². The maximum atomic E-state index is 4.57. The Kier molecular flexibility index (Phi) is 6.20. The molecular formula is C13H24BrN3. The maximum Gasteiger partial charge on any atom is 0.0762 e. The van der Waals surface area contributed by atoms with Gasteiger partial charge in [-0.3, -0.25) is 4.68 Å². The van der Waals surface area contributed by atoms with Crippen LogP contribution in [0.2, 0.25) is 0 Å². The van der Waals surface area contributed by atoms with E-state index in [9.17, 15) is 0 Å². The van der Waals surface area contributed by atoms with Crippen LogP contribution in [0.25, 0.3) is 0 Å². The van der Waals surface area contributed by atoms with Gasteiger partial charge >= 0.3 is 0 Å². The average Bonchev–Trinajstić information content (AvgIpc) is 2.73. The summed E-state index contributed by atoms with van der Waals surface area (Å²) in [6, 6.07) is 3.10. The molecule has 3 nitrogen and oxygen atoms in total. The van der Waals surface area contributed by atoms with Gasteiger partial charge in [0.2, 0.25) is 0 Å². The van der Waals surface area contributed by atoms with Gasteiger partial charge < -0.3 is 5.32 Å². The molecule has 0 aliphatic heterocycles. The van der Waals surface area contributed by atoms with Gasteiger partial charge in [0.25, 0.3) is 0 Å². The van der Waals surface area contributed by atoms with Crippen molar-refractivity contribution in [2.45, 2.75) is 64.0 Å². The third-order valence-electron chi connectivity index (χ3n) is 3.02. The molecule has 1 N–H and O–H groups in total. The van der Waals surface area contributed by atoms with E-state index in [-0.39, 0.29) is 0 Å². The molecule has 1 aromatic heterocycles. The summed E-state index contributed by atoms with van der Waals surface area (Å²) in [7, 11) is 0. The van der Waals surface area contributed by atoms with Gasteiger partial charge in [-0.15, -0.1) is 0 Å². The zero-order valence-electron chi connectivity index (χ0n) is 11.3. The van der Waals surface area contributed by atoms with Crippen molar-refractivity contribution in [2.75, 3.05) is 0 Å². The molecular weight excluding hydrogens is 278 g/mol. The molecule has 0 aromatic carbocycles. The Bertz CT molecular complexity index is 322. The van der Waals surface area contributed by atoms with Crippen LogP contribution in [-0.2, 0) is 6.54 Å². The lowest BCUT2D eigenvalue weighted by atomic mass is 10.2. The molecule has 0 bridgehead atoms. The van der Waals surface area contributed by atoms with Gasteiger partial charge in [0, 0.05) is 29.7 Å². The predicted octanol–water partition coefficient (Wildman–Crippen LogP) is 3.51. The van der Waals surface area contributed by atoms with Crippen molar-refractivity contribution in [1.29, 1.82) is 0 Å². The molecule has 1 heterocycles. The van der Waals surface area contributed by atoms with Crippen molar-refractivity contribution in [3.8, 4) is 0 Å². The van der Waals surface area contributed by atoms with Crippen LogP contribution < -0.4 is 5.32 Å². The molecule has 1 aromatic rings. The van der Waals surface area contributed by atoms with Gasteiger partial charge in [-0.1, -0.05) is 29.8 Å². The van der Waals surface area contributed by atoms with Gasteiger partial charge in [0.15, 0.2) is 0 Å². The number of halogens is 1. The highest BCUT2D eigenvalue weighted by Crippen LogP contribution is 2.10. The van der Waals surface area contributed by atoms with Crippen LogP contribution in [0.1, 0.15) is 52.3 Å². The smallest absolute Gasteiger partial charge is 0.0762 e. The number of alkyl halides is 1. The van der Waals surface area contributed by atoms with Crippen molar-refractivity contribution >= 4 is 15.9 Å². The summed E-state index contributed by atoms with van der Waals surface area (Å²) in [6.45, 7) is 9.62. The summed E-state index contributed by atoms with van der Waals surface area (Å²) in [6.07, 6.45) is 4.32. The third kappa shape index (κ3) is 5.21. The van der Waals surface area contributed by atoms with Gasteiger partial charge in [-0.05, 0) is 32.8 Å². The molecule has 0 saturated heterocycles. The second-order valence-electron chi connectivity index (χ2n) is 4.84. The molecule has 1 rings (SSSR count). The van der Waals surface area contributed by atoms with E-state index in [1.807, 2.05) is 0 Å². The molecule has 98 valence electrons. The van der Waals surface area contributed by atoms with E-state index in [1.165, 1.54) is 0 Å². The molecule has 0 aliphatic rings. The highest BCUT2D eigenvalue weighted by atomic mass is 79.9. The minimum absolute atomic E-state index is 0.490. The van der Waals surface area contributed by atoms with Crippen molar-refractivity contribution in [1.82, 2.24) is 15.1 Å². The third-order valence-corrected chi connectivity index (χ3v) is 3.39. The highest BCUT2D eigenvalue weighted by molar-refractivity contribution is 9.09. The van der Waals surface area contributed by atoms with Crippen LogP contribution >= 0.6 is 15.9 Å². The van der Waals surface area contributed by atoms with Crippen LogP contribution in [0.5, 0.6) is 0 Å².